The molecule has 5 nitrogen and oxygen atoms in total. The quantitative estimate of drug-likeness (QED) is 0.737. The molecule has 15 heavy (non-hydrogen) atoms. The SMILES string of the molecule is COC(=O)c1ccccc1N1NC=CO1. The van der Waals surface area contributed by atoms with E-state index in [0.717, 1.165) is 0 Å². The number of rotatable bonds is 2. The molecule has 0 saturated heterocycles. The van der Waals surface area contributed by atoms with Gasteiger partial charge in [0, 0.05) is 0 Å². The van der Waals surface area contributed by atoms with Crippen molar-refractivity contribution in [1.82, 2.24) is 5.43 Å². The molecule has 0 aliphatic carbocycles. The lowest BCUT2D eigenvalue weighted by Gasteiger charge is -2.18. The van der Waals surface area contributed by atoms with Crippen LogP contribution in [0.4, 0.5) is 5.69 Å². The minimum absolute atomic E-state index is 0.400. The molecular weight excluding hydrogens is 196 g/mol. The number of carbonyl (C=O) groups is 1. The number of nitrogens with one attached hydrogen (secondary N) is 1. The number of hydrazine groups is 1. The van der Waals surface area contributed by atoms with Crippen molar-refractivity contribution in [2.45, 2.75) is 0 Å². The van der Waals surface area contributed by atoms with Gasteiger partial charge in [0.15, 0.2) is 0 Å². The zero-order valence-corrected chi connectivity index (χ0v) is 8.14. The van der Waals surface area contributed by atoms with E-state index >= 15 is 0 Å². The number of benzene rings is 1. The molecule has 1 aromatic rings. The van der Waals surface area contributed by atoms with E-state index in [9.17, 15) is 4.79 Å². The number of esters is 1. The Kier molecular flexibility index (Phi) is 2.45. The van der Waals surface area contributed by atoms with Gasteiger partial charge in [0.05, 0.1) is 18.9 Å². The molecule has 1 N–H and O–H groups in total. The zero-order valence-electron chi connectivity index (χ0n) is 8.14. The van der Waals surface area contributed by atoms with E-state index in [1.54, 1.807) is 24.4 Å². The third-order valence-electron chi connectivity index (χ3n) is 1.95. The summed E-state index contributed by atoms with van der Waals surface area (Å²) in [6.45, 7) is 0. The average molecular weight is 206 g/mol. The van der Waals surface area contributed by atoms with Crippen LogP contribution in [-0.2, 0) is 9.57 Å². The van der Waals surface area contributed by atoms with Crippen LogP contribution in [0, 0.1) is 0 Å². The second-order valence-corrected chi connectivity index (χ2v) is 2.84. The molecule has 0 bridgehead atoms. The molecule has 0 radical (unpaired) electrons. The Balaban J connectivity index is 2.33. The second kappa shape index (κ2) is 3.91. The summed E-state index contributed by atoms with van der Waals surface area (Å²) in [6, 6.07) is 7.00. The molecule has 0 unspecified atom stereocenters. The van der Waals surface area contributed by atoms with Gasteiger partial charge in [0.2, 0.25) is 0 Å². The summed E-state index contributed by atoms with van der Waals surface area (Å²) >= 11 is 0. The lowest BCUT2D eigenvalue weighted by atomic mass is 10.2. The van der Waals surface area contributed by atoms with Gasteiger partial charge in [-0.1, -0.05) is 12.1 Å². The molecule has 0 spiro atoms. The number of ether oxygens (including phenoxy) is 1. The van der Waals surface area contributed by atoms with Crippen molar-refractivity contribution in [1.29, 1.82) is 0 Å². The summed E-state index contributed by atoms with van der Waals surface area (Å²) in [4.78, 5) is 16.5. The monoisotopic (exact) mass is 206 g/mol. The second-order valence-electron chi connectivity index (χ2n) is 2.84. The Labute approximate surface area is 86.8 Å². The summed E-state index contributed by atoms with van der Waals surface area (Å²) in [7, 11) is 1.34. The smallest absolute Gasteiger partial charge is 0.340 e. The fourth-order valence-electron chi connectivity index (χ4n) is 1.28. The molecular formula is C10H10N2O3. The standard InChI is InChI=1S/C10H10N2O3/c1-14-10(13)8-4-2-3-5-9(8)12-11-6-7-15-12/h2-7,11H,1H3. The van der Waals surface area contributed by atoms with Gasteiger partial charge in [-0.15, -0.1) is 5.17 Å². The van der Waals surface area contributed by atoms with E-state index in [-0.39, 0.29) is 0 Å². The molecule has 78 valence electrons. The highest BCUT2D eigenvalue weighted by atomic mass is 16.7. The van der Waals surface area contributed by atoms with Gasteiger partial charge in [0.1, 0.15) is 11.9 Å². The maximum Gasteiger partial charge on any atom is 0.340 e. The summed E-state index contributed by atoms with van der Waals surface area (Å²) in [5.74, 6) is -0.400. The number of carbonyl (C=O) groups excluding carboxylic acids is 1. The van der Waals surface area contributed by atoms with Gasteiger partial charge in [-0.25, -0.2) is 4.79 Å². The molecule has 0 atom stereocenters. The van der Waals surface area contributed by atoms with Crippen LogP contribution in [0.15, 0.2) is 36.7 Å². The predicted octanol–water partition coefficient (Wildman–Crippen LogP) is 1.20. The van der Waals surface area contributed by atoms with E-state index in [4.69, 9.17) is 4.84 Å². The van der Waals surface area contributed by atoms with E-state index in [1.807, 2.05) is 6.07 Å². The van der Waals surface area contributed by atoms with E-state index in [1.165, 1.54) is 18.5 Å². The molecule has 1 aliphatic rings. The van der Waals surface area contributed by atoms with Gasteiger partial charge in [-0.05, 0) is 12.1 Å². The number of hydrogen-bond donors (Lipinski definition) is 1. The lowest BCUT2D eigenvalue weighted by Crippen LogP contribution is -2.29. The van der Waals surface area contributed by atoms with Gasteiger partial charge in [0.25, 0.3) is 0 Å². The fourth-order valence-corrected chi connectivity index (χ4v) is 1.28. The topological polar surface area (TPSA) is 50.8 Å². The highest BCUT2D eigenvalue weighted by molar-refractivity contribution is 5.95. The zero-order chi connectivity index (χ0) is 10.7. The molecule has 0 fully saturated rings. The fraction of sp³-hybridized carbons (Fsp3) is 0.100. The van der Waals surface area contributed by atoms with Crippen molar-refractivity contribution in [3.63, 3.8) is 0 Å². The van der Waals surface area contributed by atoms with Crippen molar-refractivity contribution in [2.24, 2.45) is 0 Å². The first-order chi connectivity index (χ1) is 7.33. The van der Waals surface area contributed by atoms with Crippen LogP contribution >= 0.6 is 0 Å². The number of hydrogen-bond acceptors (Lipinski definition) is 5. The predicted molar refractivity (Wildman–Crippen MR) is 53.6 cm³/mol. The minimum atomic E-state index is -0.400. The van der Waals surface area contributed by atoms with Crippen molar-refractivity contribution >= 4 is 11.7 Å². The first kappa shape index (κ1) is 9.39. The van der Waals surface area contributed by atoms with Crippen LogP contribution in [-0.4, -0.2) is 13.1 Å². The molecule has 2 rings (SSSR count). The molecule has 5 heteroatoms. The summed E-state index contributed by atoms with van der Waals surface area (Å²) < 4.78 is 4.67. The van der Waals surface area contributed by atoms with Gasteiger partial charge < -0.3 is 9.57 Å². The van der Waals surface area contributed by atoms with Crippen molar-refractivity contribution in [2.75, 3.05) is 12.3 Å². The third kappa shape index (κ3) is 1.71. The van der Waals surface area contributed by atoms with Gasteiger partial charge in [-0.2, -0.15) is 0 Å². The first-order valence-electron chi connectivity index (χ1n) is 4.38. The molecule has 0 saturated carbocycles. The number of methoxy groups -OCH3 is 1. The average Bonchev–Trinajstić information content (AvgIpc) is 2.81. The van der Waals surface area contributed by atoms with E-state index in [2.05, 4.69) is 10.2 Å². The molecule has 1 aromatic carbocycles. The Bertz CT molecular complexity index is 395. The number of nitrogens with zero attached hydrogens (tertiary/aromatic N) is 1. The minimum Gasteiger partial charge on any atom is -0.465 e. The summed E-state index contributed by atoms with van der Waals surface area (Å²) in [5, 5.41) is 1.38. The summed E-state index contributed by atoms with van der Waals surface area (Å²) in [6.07, 6.45) is 3.10. The van der Waals surface area contributed by atoms with Crippen LogP contribution < -0.4 is 10.6 Å². The van der Waals surface area contributed by atoms with Crippen molar-refractivity contribution < 1.29 is 14.4 Å². The maximum atomic E-state index is 11.4. The Hall–Kier alpha value is -2.17. The Morgan fingerprint density at radius 3 is 2.93 bits per heavy atom. The molecule has 0 amide bonds. The van der Waals surface area contributed by atoms with E-state index in [0.29, 0.717) is 11.3 Å². The largest absolute Gasteiger partial charge is 0.465 e. The highest BCUT2D eigenvalue weighted by Crippen LogP contribution is 2.21. The third-order valence-corrected chi connectivity index (χ3v) is 1.95. The normalized spacial score (nSPS) is 13.3. The summed E-state index contributed by atoms with van der Waals surface area (Å²) in [5.41, 5.74) is 3.86. The molecule has 1 aliphatic heterocycles. The van der Waals surface area contributed by atoms with Crippen LogP contribution in [0.2, 0.25) is 0 Å². The van der Waals surface area contributed by atoms with Crippen molar-refractivity contribution in [3.05, 3.63) is 42.3 Å². The highest BCUT2D eigenvalue weighted by Gasteiger charge is 2.18. The van der Waals surface area contributed by atoms with Crippen LogP contribution in [0.25, 0.3) is 0 Å². The number of para-hydroxylation sites is 1. The Morgan fingerprint density at radius 2 is 2.27 bits per heavy atom. The van der Waals surface area contributed by atoms with E-state index < -0.39 is 5.97 Å². The van der Waals surface area contributed by atoms with Crippen molar-refractivity contribution in [3.8, 4) is 0 Å². The van der Waals surface area contributed by atoms with Gasteiger partial charge >= 0.3 is 5.97 Å². The van der Waals surface area contributed by atoms with Gasteiger partial charge in [-0.3, -0.25) is 5.43 Å². The van der Waals surface area contributed by atoms with Crippen LogP contribution in [0.5, 0.6) is 0 Å². The molecule has 1 heterocycles. The lowest BCUT2D eigenvalue weighted by molar-refractivity contribution is 0.0599. The van der Waals surface area contributed by atoms with Crippen LogP contribution in [0.1, 0.15) is 10.4 Å². The van der Waals surface area contributed by atoms with Crippen LogP contribution in [0.3, 0.4) is 0 Å². The first-order valence-corrected chi connectivity index (χ1v) is 4.38. The number of anilines is 1. The Morgan fingerprint density at radius 1 is 1.47 bits per heavy atom. The molecule has 0 aromatic heterocycles. The maximum absolute atomic E-state index is 11.4.